The molecule has 0 aromatic rings. The zero-order chi connectivity index (χ0) is 25.5. The topological polar surface area (TPSA) is 96.4 Å². The van der Waals surface area contributed by atoms with E-state index in [1.165, 1.54) is 0 Å². The summed E-state index contributed by atoms with van der Waals surface area (Å²) in [4.78, 5) is 44.3. The highest BCUT2D eigenvalue weighted by Crippen LogP contribution is 2.59. The average Bonchev–Trinajstić information content (AvgIpc) is 3.35. The Morgan fingerprint density at radius 2 is 2.00 bits per heavy atom. The third-order valence-corrected chi connectivity index (χ3v) is 7.42. The lowest BCUT2D eigenvalue weighted by Crippen LogP contribution is -2.61. The summed E-state index contributed by atoms with van der Waals surface area (Å²) in [6.45, 7) is 16.8. The molecule has 0 saturated carbocycles. The van der Waals surface area contributed by atoms with Crippen LogP contribution in [0.15, 0.2) is 12.7 Å². The van der Waals surface area contributed by atoms with Gasteiger partial charge in [0.1, 0.15) is 11.6 Å². The number of carbonyl (C=O) groups is 3. The summed E-state index contributed by atoms with van der Waals surface area (Å²) in [5.74, 6) is -2.31. The number of nitrogens with zero attached hydrogens (tertiary/aromatic N) is 2. The lowest BCUT2D eigenvalue weighted by molar-refractivity contribution is -0.155. The van der Waals surface area contributed by atoms with E-state index in [0.717, 1.165) is 6.42 Å². The second kappa shape index (κ2) is 9.61. The van der Waals surface area contributed by atoms with Crippen LogP contribution in [0.1, 0.15) is 67.2 Å². The quantitative estimate of drug-likeness (QED) is 0.383. The van der Waals surface area contributed by atoms with Crippen molar-refractivity contribution in [3.63, 3.8) is 0 Å². The minimum absolute atomic E-state index is 0.0244. The fourth-order valence-corrected chi connectivity index (χ4v) is 6.73. The summed E-state index contributed by atoms with van der Waals surface area (Å²) in [7, 11) is 0. The molecule has 3 heterocycles. The van der Waals surface area contributed by atoms with Gasteiger partial charge in [0, 0.05) is 25.2 Å². The van der Waals surface area contributed by atoms with Gasteiger partial charge in [-0.2, -0.15) is 0 Å². The van der Waals surface area contributed by atoms with E-state index in [4.69, 9.17) is 9.47 Å². The molecule has 1 N–H and O–H groups in total. The van der Waals surface area contributed by atoms with Gasteiger partial charge in [0.25, 0.3) is 0 Å². The van der Waals surface area contributed by atoms with E-state index >= 15 is 0 Å². The maximum atomic E-state index is 14.3. The Balaban J connectivity index is 2.04. The van der Waals surface area contributed by atoms with Crippen molar-refractivity contribution in [2.24, 2.45) is 17.3 Å². The first-order valence-electron chi connectivity index (χ1n) is 12.5. The molecule has 8 nitrogen and oxygen atoms in total. The van der Waals surface area contributed by atoms with E-state index in [1.807, 2.05) is 13.8 Å². The molecule has 192 valence electrons. The van der Waals surface area contributed by atoms with Crippen LogP contribution in [0.5, 0.6) is 0 Å². The zero-order valence-electron chi connectivity index (χ0n) is 21.6. The molecule has 3 rings (SSSR count). The van der Waals surface area contributed by atoms with Gasteiger partial charge in [-0.15, -0.1) is 6.58 Å². The van der Waals surface area contributed by atoms with Crippen molar-refractivity contribution in [3.05, 3.63) is 12.7 Å². The van der Waals surface area contributed by atoms with Gasteiger partial charge in [-0.1, -0.05) is 26.8 Å². The van der Waals surface area contributed by atoms with Crippen molar-refractivity contribution in [1.29, 1.82) is 0 Å². The molecule has 0 aliphatic carbocycles. The van der Waals surface area contributed by atoms with Crippen LogP contribution >= 0.6 is 0 Å². The van der Waals surface area contributed by atoms with Gasteiger partial charge in [-0.25, -0.2) is 0 Å². The molecule has 3 aliphatic heterocycles. The SMILES string of the molecule is C=CCN(C(=O)C1N(CCCO)C(=O)[C@@H]2[C@@H](C(=O)OCC)[C@H]3CCC12O3)C(C)(C)CC(C)(C)C. The normalized spacial score (nSPS) is 30.4. The fourth-order valence-electron chi connectivity index (χ4n) is 6.73. The van der Waals surface area contributed by atoms with Gasteiger partial charge in [0.2, 0.25) is 11.8 Å². The van der Waals surface area contributed by atoms with Gasteiger partial charge < -0.3 is 24.4 Å². The highest BCUT2D eigenvalue weighted by molar-refractivity contribution is 5.98. The maximum Gasteiger partial charge on any atom is 0.312 e. The molecule has 2 amide bonds. The number of likely N-dealkylation sites (tertiary alicyclic amines) is 1. The zero-order valence-corrected chi connectivity index (χ0v) is 21.6. The number of amides is 2. The molecule has 3 fully saturated rings. The fraction of sp³-hybridized carbons (Fsp3) is 0.808. The number of aliphatic hydroxyl groups is 1. The van der Waals surface area contributed by atoms with E-state index in [2.05, 4.69) is 27.4 Å². The van der Waals surface area contributed by atoms with E-state index < -0.39 is 41.1 Å². The first-order chi connectivity index (χ1) is 15.8. The lowest BCUT2D eigenvalue weighted by atomic mass is 9.70. The molecule has 1 spiro atoms. The molecule has 2 bridgehead atoms. The van der Waals surface area contributed by atoms with Crippen molar-refractivity contribution in [2.45, 2.75) is 90.5 Å². The number of ether oxygens (including phenoxy) is 2. The predicted octanol–water partition coefficient (Wildman–Crippen LogP) is 2.54. The highest BCUT2D eigenvalue weighted by atomic mass is 16.6. The van der Waals surface area contributed by atoms with Gasteiger partial charge in [-0.05, 0) is 51.9 Å². The minimum Gasteiger partial charge on any atom is -0.466 e. The third-order valence-electron chi connectivity index (χ3n) is 7.42. The van der Waals surface area contributed by atoms with Crippen LogP contribution in [-0.2, 0) is 23.9 Å². The van der Waals surface area contributed by atoms with E-state index in [0.29, 0.717) is 25.8 Å². The van der Waals surface area contributed by atoms with Crippen molar-refractivity contribution >= 4 is 17.8 Å². The number of fused-ring (bicyclic) bond motifs is 1. The highest BCUT2D eigenvalue weighted by Gasteiger charge is 2.75. The summed E-state index contributed by atoms with van der Waals surface area (Å²) in [6.07, 6.45) is 3.54. The number of carbonyl (C=O) groups excluding carboxylic acids is 3. The molecule has 2 unspecified atom stereocenters. The molecule has 3 aliphatic rings. The smallest absolute Gasteiger partial charge is 0.312 e. The molecule has 0 aromatic carbocycles. The predicted molar refractivity (Wildman–Crippen MR) is 128 cm³/mol. The van der Waals surface area contributed by atoms with Crippen LogP contribution < -0.4 is 0 Å². The first-order valence-corrected chi connectivity index (χ1v) is 12.5. The van der Waals surface area contributed by atoms with Crippen molar-refractivity contribution < 1.29 is 29.0 Å². The Labute approximate surface area is 203 Å². The van der Waals surface area contributed by atoms with Crippen LogP contribution in [-0.4, -0.2) is 82.3 Å². The van der Waals surface area contributed by atoms with Crippen molar-refractivity contribution in [1.82, 2.24) is 9.80 Å². The van der Waals surface area contributed by atoms with Gasteiger partial charge in [0.05, 0.1) is 24.5 Å². The molecule has 34 heavy (non-hydrogen) atoms. The molecule has 3 saturated heterocycles. The Kier molecular flexibility index (Phi) is 7.54. The summed E-state index contributed by atoms with van der Waals surface area (Å²) >= 11 is 0. The Morgan fingerprint density at radius 3 is 2.56 bits per heavy atom. The standard InChI is InChI=1S/C26H42N2O6/c1-8-13-28(25(6,7)16-24(3,4)5)22(31)20-26-12-11-17(34-26)18(23(32)33-9-2)19(26)21(30)27(20)14-10-15-29/h8,17-20,29H,1,9-16H2,2-7H3/t17-,18+,19+,20?,26?/m1/s1. The lowest BCUT2D eigenvalue weighted by Gasteiger charge is -2.45. The van der Waals surface area contributed by atoms with Crippen LogP contribution in [0.25, 0.3) is 0 Å². The van der Waals surface area contributed by atoms with Gasteiger partial charge in [-0.3, -0.25) is 14.4 Å². The molecule has 0 radical (unpaired) electrons. The number of rotatable bonds is 10. The number of hydrogen-bond donors (Lipinski definition) is 1. The van der Waals surface area contributed by atoms with E-state index in [9.17, 15) is 19.5 Å². The van der Waals surface area contributed by atoms with E-state index in [1.54, 1.807) is 22.8 Å². The second-order valence-corrected chi connectivity index (χ2v) is 11.7. The monoisotopic (exact) mass is 478 g/mol. The Morgan fingerprint density at radius 1 is 1.32 bits per heavy atom. The van der Waals surface area contributed by atoms with Crippen LogP contribution in [0.2, 0.25) is 0 Å². The summed E-state index contributed by atoms with van der Waals surface area (Å²) < 4.78 is 11.7. The molecule has 8 heteroatoms. The van der Waals surface area contributed by atoms with Gasteiger partial charge >= 0.3 is 5.97 Å². The third kappa shape index (κ3) is 4.51. The van der Waals surface area contributed by atoms with Gasteiger partial charge in [0.15, 0.2) is 0 Å². The maximum absolute atomic E-state index is 14.3. The minimum atomic E-state index is -1.05. The summed E-state index contributed by atoms with van der Waals surface area (Å²) in [6, 6.07) is -0.847. The number of esters is 1. The Bertz CT molecular complexity index is 819. The summed E-state index contributed by atoms with van der Waals surface area (Å²) in [5.41, 5.74) is -1.58. The summed E-state index contributed by atoms with van der Waals surface area (Å²) in [5, 5.41) is 9.48. The number of aliphatic hydroxyl groups excluding tert-OH is 1. The molecular weight excluding hydrogens is 436 g/mol. The Hall–Kier alpha value is -1.93. The van der Waals surface area contributed by atoms with Crippen LogP contribution in [0.3, 0.4) is 0 Å². The first kappa shape index (κ1) is 26.7. The number of hydrogen-bond acceptors (Lipinski definition) is 6. The van der Waals surface area contributed by atoms with Crippen LogP contribution in [0.4, 0.5) is 0 Å². The molecule has 0 aromatic heterocycles. The van der Waals surface area contributed by atoms with E-state index in [-0.39, 0.29) is 37.0 Å². The van der Waals surface area contributed by atoms with Crippen molar-refractivity contribution in [3.8, 4) is 0 Å². The van der Waals surface area contributed by atoms with Crippen LogP contribution in [0, 0.1) is 17.3 Å². The van der Waals surface area contributed by atoms with Crippen molar-refractivity contribution in [2.75, 3.05) is 26.3 Å². The second-order valence-electron chi connectivity index (χ2n) is 11.7. The average molecular weight is 479 g/mol. The molecule has 5 atom stereocenters. The molecular formula is C26H42N2O6. The largest absolute Gasteiger partial charge is 0.466 e.